The van der Waals surface area contributed by atoms with E-state index in [0.29, 0.717) is 18.7 Å². The van der Waals surface area contributed by atoms with Gasteiger partial charge in [0.2, 0.25) is 5.91 Å². The first-order valence-corrected chi connectivity index (χ1v) is 10.2. The molecule has 0 atom stereocenters. The number of hydrogen-bond acceptors (Lipinski definition) is 3. The molecule has 0 unspecified atom stereocenters. The summed E-state index contributed by atoms with van der Waals surface area (Å²) < 4.78 is 6.06. The van der Waals surface area contributed by atoms with Gasteiger partial charge >= 0.3 is 0 Å². The van der Waals surface area contributed by atoms with Gasteiger partial charge in [-0.1, -0.05) is 24.3 Å². The van der Waals surface area contributed by atoms with Gasteiger partial charge in [0.05, 0.1) is 13.2 Å². The number of carbonyl (C=O) groups excluding carboxylic acids is 1. The van der Waals surface area contributed by atoms with E-state index in [0.717, 1.165) is 41.9 Å². The number of nitrogens with two attached hydrogens (primary N) is 1. The number of nitrogens with zero attached hydrogens (tertiary/aromatic N) is 1. The summed E-state index contributed by atoms with van der Waals surface area (Å²) >= 11 is 0. The maximum atomic E-state index is 11.2. The van der Waals surface area contributed by atoms with Crippen molar-refractivity contribution in [2.24, 2.45) is 16.6 Å². The van der Waals surface area contributed by atoms with Crippen LogP contribution >= 0.6 is 0 Å². The van der Waals surface area contributed by atoms with E-state index in [4.69, 9.17) is 10.5 Å². The minimum Gasteiger partial charge on any atom is -0.493 e. The van der Waals surface area contributed by atoms with E-state index in [2.05, 4.69) is 40.7 Å². The Bertz CT molecular complexity index is 858. The van der Waals surface area contributed by atoms with Crippen LogP contribution in [0, 0.1) is 12.8 Å². The molecular weight excluding hydrogens is 364 g/mol. The highest BCUT2D eigenvalue weighted by Crippen LogP contribution is 2.30. The summed E-state index contributed by atoms with van der Waals surface area (Å²) in [4.78, 5) is 15.8. The number of nitrogens with one attached hydrogen (secondary N) is 2. The number of primary amides is 1. The minimum absolute atomic E-state index is 0.423. The number of guanidine groups is 1. The third-order valence-corrected chi connectivity index (χ3v) is 4.84. The summed E-state index contributed by atoms with van der Waals surface area (Å²) in [6, 6.07) is 13.5. The molecule has 1 aliphatic carbocycles. The molecule has 6 heteroatoms. The lowest BCUT2D eigenvalue weighted by atomic mass is 10.1. The molecule has 0 aliphatic heterocycles. The van der Waals surface area contributed by atoms with Crippen LogP contribution in [0.4, 0.5) is 0 Å². The van der Waals surface area contributed by atoms with Crippen molar-refractivity contribution in [3.8, 4) is 5.75 Å². The van der Waals surface area contributed by atoms with Crippen molar-refractivity contribution >= 4 is 11.9 Å². The largest absolute Gasteiger partial charge is 0.493 e. The molecule has 1 fully saturated rings. The zero-order valence-electron chi connectivity index (χ0n) is 17.2. The molecule has 6 nitrogen and oxygen atoms in total. The van der Waals surface area contributed by atoms with Gasteiger partial charge in [0, 0.05) is 24.2 Å². The Morgan fingerprint density at radius 3 is 2.59 bits per heavy atom. The molecule has 0 spiro atoms. The van der Waals surface area contributed by atoms with Gasteiger partial charge in [0.15, 0.2) is 5.96 Å². The zero-order valence-corrected chi connectivity index (χ0v) is 17.2. The Morgan fingerprint density at radius 2 is 1.93 bits per heavy atom. The highest BCUT2D eigenvalue weighted by molar-refractivity contribution is 5.92. The van der Waals surface area contributed by atoms with E-state index in [9.17, 15) is 4.79 Å². The maximum Gasteiger partial charge on any atom is 0.248 e. The molecule has 0 heterocycles. The average molecular weight is 395 g/mol. The number of aliphatic imine (C=N–C) groups is 1. The first kappa shape index (κ1) is 20.7. The molecule has 29 heavy (non-hydrogen) atoms. The molecule has 1 aliphatic rings. The number of aryl methyl sites for hydroxylation is 1. The van der Waals surface area contributed by atoms with Gasteiger partial charge in [-0.05, 0) is 61.9 Å². The highest BCUT2D eigenvalue weighted by atomic mass is 16.5. The summed E-state index contributed by atoms with van der Waals surface area (Å²) in [5.41, 5.74) is 9.11. The summed E-state index contributed by atoms with van der Waals surface area (Å²) in [7, 11) is 0. The van der Waals surface area contributed by atoms with E-state index in [1.807, 2.05) is 19.1 Å². The monoisotopic (exact) mass is 394 g/mol. The Labute approximate surface area is 172 Å². The van der Waals surface area contributed by atoms with Crippen LogP contribution in [0.1, 0.15) is 46.8 Å². The molecule has 0 bridgehead atoms. The fourth-order valence-electron chi connectivity index (χ4n) is 2.90. The molecule has 2 aromatic rings. The van der Waals surface area contributed by atoms with Gasteiger partial charge < -0.3 is 21.1 Å². The van der Waals surface area contributed by atoms with E-state index in [1.165, 1.54) is 18.4 Å². The van der Waals surface area contributed by atoms with Crippen molar-refractivity contribution in [3.63, 3.8) is 0 Å². The standard InChI is InChI=1S/C23H30N4O2/c1-3-25-23(26-13-17-7-10-19(11-8-17)22(24)28)27-14-20-9-4-16(2)12-21(20)29-15-18-5-6-18/h4,7-12,18H,3,5-6,13-15H2,1-2H3,(H2,24,28)(H2,25,26,27). The van der Waals surface area contributed by atoms with Gasteiger partial charge in [-0.3, -0.25) is 4.79 Å². The minimum atomic E-state index is -0.423. The third kappa shape index (κ3) is 6.52. The molecule has 0 radical (unpaired) electrons. The number of amides is 1. The summed E-state index contributed by atoms with van der Waals surface area (Å²) in [6.07, 6.45) is 2.55. The van der Waals surface area contributed by atoms with Crippen molar-refractivity contribution in [2.45, 2.75) is 39.8 Å². The van der Waals surface area contributed by atoms with E-state index in [1.54, 1.807) is 12.1 Å². The zero-order chi connectivity index (χ0) is 20.6. The van der Waals surface area contributed by atoms with Crippen LogP contribution in [0.25, 0.3) is 0 Å². The van der Waals surface area contributed by atoms with Crippen molar-refractivity contribution < 1.29 is 9.53 Å². The highest BCUT2D eigenvalue weighted by Gasteiger charge is 2.22. The van der Waals surface area contributed by atoms with Crippen molar-refractivity contribution in [1.82, 2.24) is 10.6 Å². The summed E-state index contributed by atoms with van der Waals surface area (Å²) in [5.74, 6) is 1.98. The first-order chi connectivity index (χ1) is 14.0. The molecule has 154 valence electrons. The Kier molecular flexibility index (Phi) is 7.11. The second kappa shape index (κ2) is 9.96. The Hall–Kier alpha value is -3.02. The van der Waals surface area contributed by atoms with E-state index >= 15 is 0 Å². The normalized spacial score (nSPS) is 13.8. The SMILES string of the molecule is CCNC(=NCc1ccc(C(N)=O)cc1)NCc1ccc(C)cc1OCC1CC1. The summed E-state index contributed by atoms with van der Waals surface area (Å²) in [5, 5.41) is 6.65. The molecule has 0 saturated heterocycles. The van der Waals surface area contributed by atoms with E-state index < -0.39 is 5.91 Å². The first-order valence-electron chi connectivity index (χ1n) is 10.2. The lowest BCUT2D eigenvalue weighted by molar-refractivity contribution is 0.100. The van der Waals surface area contributed by atoms with Gasteiger partial charge in [0.1, 0.15) is 5.75 Å². The van der Waals surface area contributed by atoms with Crippen LogP contribution in [0.2, 0.25) is 0 Å². The number of benzene rings is 2. The van der Waals surface area contributed by atoms with Gasteiger partial charge in [-0.15, -0.1) is 0 Å². The predicted molar refractivity (Wildman–Crippen MR) is 116 cm³/mol. The van der Waals surface area contributed by atoms with Crippen LogP contribution in [0.5, 0.6) is 5.75 Å². The molecule has 4 N–H and O–H groups in total. The fraction of sp³-hybridized carbons (Fsp3) is 0.391. The Morgan fingerprint density at radius 1 is 1.17 bits per heavy atom. The topological polar surface area (TPSA) is 88.7 Å². The van der Waals surface area contributed by atoms with Crippen molar-refractivity contribution in [2.75, 3.05) is 13.2 Å². The summed E-state index contributed by atoms with van der Waals surface area (Å²) in [6.45, 7) is 6.82. The average Bonchev–Trinajstić information content (AvgIpc) is 3.54. The number of hydrogen-bond donors (Lipinski definition) is 3. The van der Waals surface area contributed by atoms with Crippen LogP contribution < -0.4 is 21.1 Å². The second-order valence-electron chi connectivity index (χ2n) is 7.48. The molecule has 0 aromatic heterocycles. The number of carbonyl (C=O) groups is 1. The van der Waals surface area contributed by atoms with Crippen molar-refractivity contribution in [1.29, 1.82) is 0 Å². The lowest BCUT2D eigenvalue weighted by Crippen LogP contribution is -2.36. The maximum absolute atomic E-state index is 11.2. The smallest absolute Gasteiger partial charge is 0.248 e. The van der Waals surface area contributed by atoms with Crippen LogP contribution in [0.3, 0.4) is 0 Å². The lowest BCUT2D eigenvalue weighted by Gasteiger charge is -2.15. The number of ether oxygens (including phenoxy) is 1. The molecule has 1 amide bonds. The quantitative estimate of drug-likeness (QED) is 0.450. The molecular formula is C23H30N4O2. The Balaban J connectivity index is 1.62. The predicted octanol–water partition coefficient (Wildman–Crippen LogP) is 3.14. The van der Waals surface area contributed by atoms with E-state index in [-0.39, 0.29) is 0 Å². The van der Waals surface area contributed by atoms with Crippen LogP contribution in [-0.4, -0.2) is 25.0 Å². The fourth-order valence-corrected chi connectivity index (χ4v) is 2.90. The third-order valence-electron chi connectivity index (χ3n) is 4.84. The second-order valence-corrected chi connectivity index (χ2v) is 7.48. The number of rotatable bonds is 9. The van der Waals surface area contributed by atoms with Crippen molar-refractivity contribution in [3.05, 3.63) is 64.7 Å². The molecule has 3 rings (SSSR count). The van der Waals surface area contributed by atoms with Crippen LogP contribution in [-0.2, 0) is 13.1 Å². The van der Waals surface area contributed by atoms with Gasteiger partial charge in [0.25, 0.3) is 0 Å². The molecule has 1 saturated carbocycles. The molecule has 2 aromatic carbocycles. The van der Waals surface area contributed by atoms with Crippen LogP contribution in [0.15, 0.2) is 47.5 Å². The van der Waals surface area contributed by atoms with Gasteiger partial charge in [-0.2, -0.15) is 0 Å². The van der Waals surface area contributed by atoms with Gasteiger partial charge in [-0.25, -0.2) is 4.99 Å².